The number of halogens is 3. The molecular weight excluding hydrogens is 340 g/mol. The molecule has 0 spiro atoms. The molecular formula is C17H12Cl2FNS. The molecule has 0 saturated carbocycles. The Hall–Kier alpha value is -1.47. The Bertz CT molecular complexity index is 766. The summed E-state index contributed by atoms with van der Waals surface area (Å²) < 4.78 is 14.5. The molecule has 0 heterocycles. The zero-order valence-electron chi connectivity index (χ0n) is 11.7. The molecule has 0 radical (unpaired) electrons. The number of hydrogen-bond donors (Lipinski definition) is 0. The third-order valence-corrected chi connectivity index (χ3v) is 4.49. The lowest BCUT2D eigenvalue weighted by Gasteiger charge is -2.07. The van der Waals surface area contributed by atoms with Gasteiger partial charge in [-0.25, -0.2) is 4.39 Å². The molecule has 0 N–H and O–H groups in total. The normalized spacial score (nSPS) is 11.3. The molecule has 5 heteroatoms. The summed E-state index contributed by atoms with van der Waals surface area (Å²) in [5.74, 6) is -0.324. The minimum atomic E-state index is -0.324. The number of hydrogen-bond acceptors (Lipinski definition) is 2. The Kier molecular flexibility index (Phi) is 5.90. The molecule has 0 aliphatic rings. The number of nitriles is 1. The van der Waals surface area contributed by atoms with E-state index in [4.69, 9.17) is 28.5 Å². The van der Waals surface area contributed by atoms with Crippen molar-refractivity contribution in [3.63, 3.8) is 0 Å². The van der Waals surface area contributed by atoms with E-state index >= 15 is 0 Å². The van der Waals surface area contributed by atoms with Crippen LogP contribution in [0.15, 0.2) is 41.3 Å². The van der Waals surface area contributed by atoms with Crippen molar-refractivity contribution in [2.45, 2.75) is 6.42 Å². The average Bonchev–Trinajstić information content (AvgIpc) is 2.52. The van der Waals surface area contributed by atoms with Crippen molar-refractivity contribution < 1.29 is 4.39 Å². The molecule has 0 amide bonds. The van der Waals surface area contributed by atoms with Crippen LogP contribution < -0.4 is 0 Å². The molecule has 112 valence electrons. The molecule has 0 aromatic heterocycles. The van der Waals surface area contributed by atoms with Gasteiger partial charge in [-0.05, 0) is 35.6 Å². The van der Waals surface area contributed by atoms with Crippen LogP contribution in [-0.4, -0.2) is 6.26 Å². The molecule has 1 nitrogen and oxygen atoms in total. The lowest BCUT2D eigenvalue weighted by atomic mass is 10.0. The van der Waals surface area contributed by atoms with Gasteiger partial charge in [0.25, 0.3) is 0 Å². The first-order chi connectivity index (χ1) is 10.5. The lowest BCUT2D eigenvalue weighted by Crippen LogP contribution is -1.95. The van der Waals surface area contributed by atoms with E-state index in [0.29, 0.717) is 32.5 Å². The van der Waals surface area contributed by atoms with Gasteiger partial charge >= 0.3 is 0 Å². The predicted octanol–water partition coefficient (Wildman–Crippen LogP) is 5.95. The number of nitrogens with zero attached hydrogens (tertiary/aromatic N) is 1. The van der Waals surface area contributed by atoms with Crippen molar-refractivity contribution in [3.05, 3.63) is 73.9 Å². The Labute approximate surface area is 143 Å². The molecule has 2 aromatic carbocycles. The molecule has 0 aliphatic carbocycles. The third kappa shape index (κ3) is 4.04. The second-order valence-electron chi connectivity index (χ2n) is 4.57. The van der Waals surface area contributed by atoms with Gasteiger partial charge in [0.1, 0.15) is 11.9 Å². The van der Waals surface area contributed by atoms with Crippen LogP contribution in [0.3, 0.4) is 0 Å². The Balaban J connectivity index is 2.35. The summed E-state index contributed by atoms with van der Waals surface area (Å²) in [6, 6.07) is 12.4. The minimum absolute atomic E-state index is 0.324. The van der Waals surface area contributed by atoms with Gasteiger partial charge in [0, 0.05) is 12.0 Å². The Morgan fingerprint density at radius 2 is 2.05 bits per heavy atom. The number of rotatable bonds is 4. The van der Waals surface area contributed by atoms with E-state index < -0.39 is 0 Å². The van der Waals surface area contributed by atoms with Crippen molar-refractivity contribution >= 4 is 41.0 Å². The second kappa shape index (κ2) is 7.69. The molecule has 0 bridgehead atoms. The van der Waals surface area contributed by atoms with Gasteiger partial charge in [0.2, 0.25) is 0 Å². The van der Waals surface area contributed by atoms with Gasteiger partial charge in [0.15, 0.2) is 0 Å². The van der Waals surface area contributed by atoms with Gasteiger partial charge in [-0.3, -0.25) is 0 Å². The zero-order valence-corrected chi connectivity index (χ0v) is 14.1. The standard InChI is InChI=1S/C17H12Cl2FNS/c1-22-14(10-21)9-13-4-2-3-12(17(13)20)7-11-5-6-15(18)16(19)8-11/h2-6,8-9H,7H2,1H3/b14-9+. The highest BCUT2D eigenvalue weighted by atomic mass is 35.5. The number of thioether (sulfide) groups is 1. The average molecular weight is 352 g/mol. The van der Waals surface area contributed by atoms with E-state index in [1.54, 1.807) is 42.7 Å². The van der Waals surface area contributed by atoms with Gasteiger partial charge in [-0.1, -0.05) is 47.5 Å². The maximum atomic E-state index is 14.5. The SMILES string of the molecule is CS/C(C#N)=C/c1cccc(Cc2ccc(Cl)c(Cl)c2)c1F. The van der Waals surface area contributed by atoms with Crippen LogP contribution in [0.25, 0.3) is 6.08 Å². The van der Waals surface area contributed by atoms with Crippen LogP contribution >= 0.6 is 35.0 Å². The number of allylic oxidation sites excluding steroid dienone is 1. The van der Waals surface area contributed by atoms with Gasteiger partial charge < -0.3 is 0 Å². The van der Waals surface area contributed by atoms with E-state index in [-0.39, 0.29) is 5.82 Å². The summed E-state index contributed by atoms with van der Waals surface area (Å²) in [6.07, 6.45) is 3.75. The van der Waals surface area contributed by atoms with E-state index in [2.05, 4.69) is 0 Å². The highest BCUT2D eigenvalue weighted by Crippen LogP contribution is 2.26. The molecule has 0 atom stereocenters. The first-order valence-electron chi connectivity index (χ1n) is 6.42. The van der Waals surface area contributed by atoms with Crippen LogP contribution in [0.5, 0.6) is 0 Å². The predicted molar refractivity (Wildman–Crippen MR) is 92.8 cm³/mol. The summed E-state index contributed by atoms with van der Waals surface area (Å²) in [5.41, 5.74) is 1.83. The summed E-state index contributed by atoms with van der Waals surface area (Å²) in [4.78, 5) is 0.464. The molecule has 0 unspecified atom stereocenters. The summed E-state index contributed by atoms with van der Waals surface area (Å²) in [6.45, 7) is 0. The second-order valence-corrected chi connectivity index (χ2v) is 6.23. The van der Waals surface area contributed by atoms with E-state index in [1.165, 1.54) is 11.8 Å². The quantitative estimate of drug-likeness (QED) is 0.635. The summed E-state index contributed by atoms with van der Waals surface area (Å²) in [5, 5.41) is 9.87. The van der Waals surface area contributed by atoms with Crippen molar-refractivity contribution in [2.75, 3.05) is 6.26 Å². The Morgan fingerprint density at radius 1 is 1.27 bits per heavy atom. The Morgan fingerprint density at radius 3 is 2.68 bits per heavy atom. The zero-order chi connectivity index (χ0) is 16.1. The van der Waals surface area contributed by atoms with Gasteiger partial charge in [-0.2, -0.15) is 5.26 Å². The first-order valence-corrected chi connectivity index (χ1v) is 8.40. The molecule has 2 aromatic rings. The van der Waals surface area contributed by atoms with Crippen LogP contribution in [-0.2, 0) is 6.42 Å². The van der Waals surface area contributed by atoms with Crippen molar-refractivity contribution in [2.24, 2.45) is 0 Å². The van der Waals surface area contributed by atoms with E-state index in [1.807, 2.05) is 12.1 Å². The van der Waals surface area contributed by atoms with Crippen molar-refractivity contribution in [3.8, 4) is 6.07 Å². The molecule has 0 fully saturated rings. The van der Waals surface area contributed by atoms with E-state index in [0.717, 1.165) is 5.56 Å². The molecule has 0 saturated heterocycles. The van der Waals surface area contributed by atoms with Crippen LogP contribution in [0.4, 0.5) is 4.39 Å². The maximum Gasteiger partial charge on any atom is 0.134 e. The van der Waals surface area contributed by atoms with Crippen molar-refractivity contribution in [1.29, 1.82) is 5.26 Å². The highest BCUT2D eigenvalue weighted by Gasteiger charge is 2.09. The maximum absolute atomic E-state index is 14.5. The third-order valence-electron chi connectivity index (χ3n) is 3.10. The molecule has 22 heavy (non-hydrogen) atoms. The van der Waals surface area contributed by atoms with Crippen LogP contribution in [0.2, 0.25) is 10.0 Å². The minimum Gasteiger partial charge on any atom is -0.206 e. The van der Waals surface area contributed by atoms with Gasteiger partial charge in [0.05, 0.1) is 15.0 Å². The van der Waals surface area contributed by atoms with Crippen molar-refractivity contribution in [1.82, 2.24) is 0 Å². The van der Waals surface area contributed by atoms with Crippen LogP contribution in [0, 0.1) is 17.1 Å². The van der Waals surface area contributed by atoms with E-state index in [9.17, 15) is 4.39 Å². The molecule has 0 aliphatic heterocycles. The summed E-state index contributed by atoms with van der Waals surface area (Å²) >= 11 is 13.2. The topological polar surface area (TPSA) is 23.8 Å². The highest BCUT2D eigenvalue weighted by molar-refractivity contribution is 8.02. The van der Waals surface area contributed by atoms with Gasteiger partial charge in [-0.15, -0.1) is 11.8 Å². The molecule has 2 rings (SSSR count). The summed E-state index contributed by atoms with van der Waals surface area (Å²) in [7, 11) is 0. The fraction of sp³-hybridized carbons (Fsp3) is 0.118. The lowest BCUT2D eigenvalue weighted by molar-refractivity contribution is 0.611. The fourth-order valence-corrected chi connectivity index (χ4v) is 2.65. The smallest absolute Gasteiger partial charge is 0.134 e. The number of benzene rings is 2. The fourth-order valence-electron chi connectivity index (χ4n) is 2.00. The monoisotopic (exact) mass is 351 g/mol. The van der Waals surface area contributed by atoms with Crippen LogP contribution in [0.1, 0.15) is 16.7 Å². The largest absolute Gasteiger partial charge is 0.206 e. The first kappa shape index (κ1) is 16.9.